The zero-order valence-corrected chi connectivity index (χ0v) is 21.6. The summed E-state index contributed by atoms with van der Waals surface area (Å²) >= 11 is 0. The van der Waals surface area contributed by atoms with Gasteiger partial charge in [-0.2, -0.15) is 0 Å². The van der Waals surface area contributed by atoms with E-state index < -0.39 is 41.7 Å². The van der Waals surface area contributed by atoms with Crippen molar-refractivity contribution in [3.8, 4) is 0 Å². The van der Waals surface area contributed by atoms with Gasteiger partial charge in [0.25, 0.3) is 0 Å². The van der Waals surface area contributed by atoms with Crippen LogP contribution in [0.3, 0.4) is 0 Å². The topological polar surface area (TPSA) is 139 Å². The minimum atomic E-state index is -1.60. The molecule has 5 unspecified atom stereocenters. The van der Waals surface area contributed by atoms with Gasteiger partial charge in [-0.05, 0) is 54.9 Å². The van der Waals surface area contributed by atoms with Crippen molar-refractivity contribution in [1.82, 2.24) is 0 Å². The number of aliphatic hydroxyl groups is 3. The Labute approximate surface area is 218 Å². The predicted molar refractivity (Wildman–Crippen MR) is 137 cm³/mol. The molecule has 3 aliphatic rings. The Balaban J connectivity index is 1.50. The molecule has 8 atom stereocenters. The van der Waals surface area contributed by atoms with Gasteiger partial charge in [-0.15, -0.1) is 0 Å². The largest absolute Gasteiger partial charge is 0.458 e. The Bertz CT molecular complexity index is 1060. The Kier molecular flexibility index (Phi) is 7.95. The van der Waals surface area contributed by atoms with Gasteiger partial charge in [0.2, 0.25) is 0 Å². The monoisotopic (exact) mass is 513 g/mol. The van der Waals surface area contributed by atoms with Crippen LogP contribution < -0.4 is 5.73 Å². The van der Waals surface area contributed by atoms with Crippen molar-refractivity contribution in [3.05, 3.63) is 59.7 Å². The number of allylic oxidation sites excluding steroid dienone is 2. The molecule has 37 heavy (non-hydrogen) atoms. The fourth-order valence-corrected chi connectivity index (χ4v) is 6.86. The molecule has 3 fully saturated rings. The summed E-state index contributed by atoms with van der Waals surface area (Å²) < 4.78 is 10.7. The average Bonchev–Trinajstić information content (AvgIpc) is 3.24. The number of carbonyl (C=O) groups is 2. The van der Waals surface area contributed by atoms with E-state index in [-0.39, 0.29) is 36.0 Å². The smallest absolute Gasteiger partial charge is 0.337 e. The number of esters is 2. The fourth-order valence-electron chi connectivity index (χ4n) is 6.86. The number of hydrogen-bond donors (Lipinski definition) is 4. The van der Waals surface area contributed by atoms with Gasteiger partial charge in [0.15, 0.2) is 12.2 Å². The molecule has 2 aliphatic carbocycles. The third-order valence-electron chi connectivity index (χ3n) is 9.24. The lowest BCUT2D eigenvalue weighted by Crippen LogP contribution is -2.57. The molecule has 5 N–H and O–H groups in total. The first-order valence-electron chi connectivity index (χ1n) is 13.1. The first-order chi connectivity index (χ1) is 17.5. The van der Waals surface area contributed by atoms with Gasteiger partial charge in [0.05, 0.1) is 24.3 Å². The van der Waals surface area contributed by atoms with Crippen LogP contribution in [0.2, 0.25) is 0 Å². The summed E-state index contributed by atoms with van der Waals surface area (Å²) in [4.78, 5) is 25.2. The predicted octanol–water partition coefficient (Wildman–Crippen LogP) is 2.57. The minimum Gasteiger partial charge on any atom is -0.458 e. The number of cyclic esters (lactones) is 1. The molecule has 1 saturated heterocycles. The molecule has 8 nitrogen and oxygen atoms in total. The van der Waals surface area contributed by atoms with E-state index in [1.165, 1.54) is 0 Å². The zero-order chi connectivity index (χ0) is 27.0. The van der Waals surface area contributed by atoms with Crippen LogP contribution in [0.1, 0.15) is 57.6 Å². The summed E-state index contributed by atoms with van der Waals surface area (Å²) in [7, 11) is 0. The molecule has 0 spiro atoms. The van der Waals surface area contributed by atoms with Crippen LogP contribution in [0, 0.1) is 22.7 Å². The van der Waals surface area contributed by atoms with Crippen molar-refractivity contribution in [1.29, 1.82) is 0 Å². The van der Waals surface area contributed by atoms with Crippen LogP contribution in [0.15, 0.2) is 54.1 Å². The maximum atomic E-state index is 12.7. The van der Waals surface area contributed by atoms with E-state index in [1.807, 2.05) is 13.0 Å². The molecule has 202 valence electrons. The van der Waals surface area contributed by atoms with Crippen LogP contribution in [-0.2, 0) is 19.1 Å². The second-order valence-corrected chi connectivity index (χ2v) is 11.3. The van der Waals surface area contributed by atoms with Crippen LogP contribution in [0.4, 0.5) is 0 Å². The molecule has 1 aliphatic heterocycles. The first kappa shape index (κ1) is 27.5. The summed E-state index contributed by atoms with van der Waals surface area (Å²) in [5.74, 6) is -1.35. The van der Waals surface area contributed by atoms with Gasteiger partial charge in [-0.25, -0.2) is 9.59 Å². The highest BCUT2D eigenvalue weighted by atomic mass is 16.6. The molecule has 1 heterocycles. The fraction of sp³-hybridized carbons (Fsp3) is 0.586. The molecule has 1 aromatic carbocycles. The summed E-state index contributed by atoms with van der Waals surface area (Å²) in [5, 5.41) is 31.4. The van der Waals surface area contributed by atoms with E-state index in [9.17, 15) is 24.9 Å². The van der Waals surface area contributed by atoms with Gasteiger partial charge in [-0.3, -0.25) is 0 Å². The van der Waals surface area contributed by atoms with E-state index in [0.717, 1.165) is 24.8 Å². The molecular formula is C29H39NO7. The van der Waals surface area contributed by atoms with Gasteiger partial charge < -0.3 is 30.5 Å². The van der Waals surface area contributed by atoms with Crippen molar-refractivity contribution < 1.29 is 34.4 Å². The lowest BCUT2D eigenvalue weighted by atomic mass is 9.46. The van der Waals surface area contributed by atoms with Gasteiger partial charge in [0.1, 0.15) is 6.61 Å². The van der Waals surface area contributed by atoms with Crippen molar-refractivity contribution in [2.24, 2.45) is 28.4 Å². The van der Waals surface area contributed by atoms with Crippen molar-refractivity contribution in [2.75, 3.05) is 13.2 Å². The summed E-state index contributed by atoms with van der Waals surface area (Å²) in [6, 6.07) is 7.79. The molecule has 0 bridgehead atoms. The van der Waals surface area contributed by atoms with Crippen LogP contribution in [-0.4, -0.2) is 58.8 Å². The number of hydrogen-bond acceptors (Lipinski definition) is 8. The summed E-state index contributed by atoms with van der Waals surface area (Å²) in [6.45, 7) is 8.26. The number of ether oxygens (including phenoxy) is 2. The standard InChI is InChI=1S/C29H39NO7/c1-17-9-12-22-28(2,14-13-23(32)29(22,3)16-31)20(17)11-10-19-21(15-36-26(19)34)37-27(35)25(33)24(30)18-7-5-4-6-8-18/h4-8,10,20-25,31-33H,1,9,11-16,30H2,2-3H3/b19-10+/t20-,21?,22?,23?,24?,25?,28+,29-/m0/s1. The Morgan fingerprint density at radius 1 is 1.30 bits per heavy atom. The summed E-state index contributed by atoms with van der Waals surface area (Å²) in [6.07, 6.45) is 2.16. The lowest BCUT2D eigenvalue weighted by Gasteiger charge is -2.59. The molecule has 8 heteroatoms. The van der Waals surface area contributed by atoms with Crippen LogP contribution >= 0.6 is 0 Å². The van der Waals surface area contributed by atoms with E-state index >= 15 is 0 Å². The minimum absolute atomic E-state index is 0.0268. The van der Waals surface area contributed by atoms with Crippen molar-refractivity contribution in [3.63, 3.8) is 0 Å². The third kappa shape index (κ3) is 5.00. The molecular weight excluding hydrogens is 474 g/mol. The quantitative estimate of drug-likeness (QED) is 0.248. The number of aliphatic hydroxyl groups excluding tert-OH is 3. The van der Waals surface area contributed by atoms with Gasteiger partial charge >= 0.3 is 11.9 Å². The van der Waals surface area contributed by atoms with Crippen LogP contribution in [0.5, 0.6) is 0 Å². The Hall–Kier alpha value is -2.52. The maximum Gasteiger partial charge on any atom is 0.337 e. The second kappa shape index (κ2) is 10.7. The Morgan fingerprint density at radius 2 is 2.00 bits per heavy atom. The number of nitrogens with two attached hydrogens (primary N) is 1. The van der Waals surface area contributed by atoms with E-state index in [4.69, 9.17) is 15.2 Å². The maximum absolute atomic E-state index is 12.7. The zero-order valence-electron chi connectivity index (χ0n) is 21.6. The Morgan fingerprint density at radius 3 is 2.68 bits per heavy atom. The number of rotatable bonds is 7. The lowest BCUT2D eigenvalue weighted by molar-refractivity contribution is -0.159. The molecule has 4 rings (SSSR count). The SMILES string of the molecule is C=C1CCC2[C@](C)(CO)C(O)CC[C@]2(C)[C@H]1C/C=C1/C(=O)OCC1OC(=O)C(O)C(N)c1ccccc1. The summed E-state index contributed by atoms with van der Waals surface area (Å²) in [5.41, 5.74) is 7.16. The molecule has 1 aromatic rings. The number of carbonyl (C=O) groups excluding carboxylic acids is 2. The van der Waals surface area contributed by atoms with E-state index in [2.05, 4.69) is 13.5 Å². The number of fused-ring (bicyclic) bond motifs is 1. The third-order valence-corrected chi connectivity index (χ3v) is 9.24. The molecule has 0 radical (unpaired) electrons. The highest BCUT2D eigenvalue weighted by molar-refractivity contribution is 5.92. The number of benzene rings is 1. The normalized spacial score (nSPS) is 36.5. The van der Waals surface area contributed by atoms with Crippen LogP contribution in [0.25, 0.3) is 0 Å². The average molecular weight is 514 g/mol. The van der Waals surface area contributed by atoms with E-state index in [1.54, 1.807) is 30.3 Å². The van der Waals surface area contributed by atoms with Crippen molar-refractivity contribution in [2.45, 2.75) is 70.3 Å². The molecule has 2 saturated carbocycles. The van der Waals surface area contributed by atoms with Crippen molar-refractivity contribution >= 4 is 11.9 Å². The highest BCUT2D eigenvalue weighted by Gasteiger charge is 2.57. The molecule has 0 amide bonds. The second-order valence-electron chi connectivity index (χ2n) is 11.3. The highest BCUT2D eigenvalue weighted by Crippen LogP contribution is 2.61. The molecule has 0 aromatic heterocycles. The van der Waals surface area contributed by atoms with E-state index in [0.29, 0.717) is 18.4 Å². The van der Waals surface area contributed by atoms with Gasteiger partial charge in [-0.1, -0.05) is 62.4 Å². The van der Waals surface area contributed by atoms with Gasteiger partial charge in [0, 0.05) is 5.41 Å². The first-order valence-corrected chi connectivity index (χ1v) is 13.1.